The van der Waals surface area contributed by atoms with E-state index >= 15 is 0 Å². The molecule has 0 bridgehead atoms. The number of carbonyl (C=O) groups excluding carboxylic acids is 1. The van der Waals surface area contributed by atoms with E-state index in [-0.39, 0.29) is 17.0 Å². The molecule has 1 amide bonds. The average Bonchev–Trinajstić information content (AvgIpc) is 3.05. The minimum absolute atomic E-state index is 0.0425. The molecule has 1 atom stereocenters. The van der Waals surface area contributed by atoms with Crippen LogP contribution in [0.15, 0.2) is 10.6 Å². The summed E-state index contributed by atoms with van der Waals surface area (Å²) < 4.78 is 11.1. The molecule has 1 spiro atoms. The number of ether oxygens (including phenoxy) is 1. The van der Waals surface area contributed by atoms with Gasteiger partial charge in [0, 0.05) is 30.7 Å². The van der Waals surface area contributed by atoms with Crippen LogP contribution >= 0.6 is 0 Å². The normalized spacial score (nSPS) is 24.3. The Labute approximate surface area is 137 Å². The molecule has 0 saturated carbocycles. The van der Waals surface area contributed by atoms with Gasteiger partial charge in [-0.05, 0) is 47.0 Å². The molecule has 6 nitrogen and oxygen atoms in total. The van der Waals surface area contributed by atoms with Crippen LogP contribution in [-0.4, -0.2) is 52.8 Å². The summed E-state index contributed by atoms with van der Waals surface area (Å²) in [4.78, 5) is 14.3. The van der Waals surface area contributed by atoms with Gasteiger partial charge in [0.2, 0.25) is 0 Å². The Morgan fingerprint density at radius 2 is 2.09 bits per heavy atom. The van der Waals surface area contributed by atoms with Gasteiger partial charge in [0.1, 0.15) is 5.76 Å². The zero-order valence-corrected chi connectivity index (χ0v) is 14.5. The van der Waals surface area contributed by atoms with E-state index in [1.54, 1.807) is 13.0 Å². The summed E-state index contributed by atoms with van der Waals surface area (Å²) in [6.07, 6.45) is 2.80. The van der Waals surface area contributed by atoms with E-state index in [2.05, 4.69) is 31.2 Å². The molecule has 0 aromatic carbocycles. The van der Waals surface area contributed by atoms with E-state index in [0.717, 1.165) is 25.9 Å². The molecule has 23 heavy (non-hydrogen) atoms. The van der Waals surface area contributed by atoms with Crippen LogP contribution in [-0.2, 0) is 4.74 Å². The van der Waals surface area contributed by atoms with Crippen molar-refractivity contribution in [3.63, 3.8) is 0 Å². The van der Waals surface area contributed by atoms with Gasteiger partial charge < -0.3 is 19.5 Å². The molecule has 0 aliphatic carbocycles. The second-order valence-electron chi connectivity index (χ2n) is 7.90. The molecule has 2 fully saturated rings. The Morgan fingerprint density at radius 3 is 2.65 bits per heavy atom. The van der Waals surface area contributed by atoms with E-state index in [9.17, 15) is 4.79 Å². The number of amides is 1. The van der Waals surface area contributed by atoms with Gasteiger partial charge in [-0.3, -0.25) is 4.79 Å². The van der Waals surface area contributed by atoms with Gasteiger partial charge in [-0.15, -0.1) is 0 Å². The molecule has 128 valence electrons. The average molecular weight is 321 g/mol. The number of nitrogens with one attached hydrogen (secondary N) is 1. The highest BCUT2D eigenvalue weighted by Crippen LogP contribution is 2.36. The number of hydrogen-bond acceptors (Lipinski definition) is 5. The van der Waals surface area contributed by atoms with Gasteiger partial charge in [-0.25, -0.2) is 0 Å². The lowest BCUT2D eigenvalue weighted by Gasteiger charge is -2.38. The van der Waals surface area contributed by atoms with Crippen molar-refractivity contribution < 1.29 is 14.1 Å². The fourth-order valence-corrected chi connectivity index (χ4v) is 3.64. The van der Waals surface area contributed by atoms with Crippen LogP contribution in [0.5, 0.6) is 0 Å². The monoisotopic (exact) mass is 321 g/mol. The minimum Gasteiger partial charge on any atom is -0.373 e. The second kappa shape index (κ2) is 5.91. The topological polar surface area (TPSA) is 67.6 Å². The molecule has 2 aliphatic heterocycles. The molecule has 1 aromatic heterocycles. The molecule has 0 radical (unpaired) electrons. The first-order valence-electron chi connectivity index (χ1n) is 8.41. The lowest BCUT2D eigenvalue weighted by molar-refractivity contribution is -0.0391. The van der Waals surface area contributed by atoms with Gasteiger partial charge in [0.15, 0.2) is 5.69 Å². The third kappa shape index (κ3) is 3.75. The van der Waals surface area contributed by atoms with Crippen LogP contribution in [0.25, 0.3) is 0 Å². The molecule has 6 heteroatoms. The van der Waals surface area contributed by atoms with Crippen molar-refractivity contribution in [3.05, 3.63) is 17.5 Å². The van der Waals surface area contributed by atoms with Gasteiger partial charge in [-0.1, -0.05) is 5.16 Å². The molecule has 1 unspecified atom stereocenters. The van der Waals surface area contributed by atoms with Crippen molar-refractivity contribution in [2.75, 3.05) is 19.7 Å². The van der Waals surface area contributed by atoms with Crippen molar-refractivity contribution in [1.29, 1.82) is 0 Å². The lowest BCUT2D eigenvalue weighted by Crippen LogP contribution is -2.48. The van der Waals surface area contributed by atoms with E-state index in [1.165, 1.54) is 0 Å². The van der Waals surface area contributed by atoms with Crippen LogP contribution in [0.4, 0.5) is 0 Å². The molecule has 3 rings (SSSR count). The second-order valence-corrected chi connectivity index (χ2v) is 7.90. The largest absolute Gasteiger partial charge is 0.373 e. The molecular formula is C17H27N3O3. The van der Waals surface area contributed by atoms with Crippen molar-refractivity contribution >= 4 is 5.91 Å². The zero-order chi connectivity index (χ0) is 16.7. The molecular weight excluding hydrogens is 294 g/mol. The summed E-state index contributed by atoms with van der Waals surface area (Å²) in [5, 5.41) is 7.45. The maximum Gasteiger partial charge on any atom is 0.276 e. The summed E-state index contributed by atoms with van der Waals surface area (Å²) in [5.41, 5.74) is 0.429. The fraction of sp³-hybridized carbons (Fsp3) is 0.765. The quantitative estimate of drug-likeness (QED) is 0.904. The van der Waals surface area contributed by atoms with E-state index in [0.29, 0.717) is 30.6 Å². The highest BCUT2D eigenvalue weighted by molar-refractivity contribution is 5.92. The third-order valence-electron chi connectivity index (χ3n) is 4.66. The number of rotatable bonds is 2. The SMILES string of the molecule is Cc1cc(C(=O)N2CCC3(CC2)CC(NC(C)(C)C)CO3)no1. The number of hydrogen-bond donors (Lipinski definition) is 1. The Bertz CT molecular complexity index is 568. The first-order chi connectivity index (χ1) is 10.8. The predicted octanol–water partition coefficient (Wildman–Crippen LogP) is 2.13. The first kappa shape index (κ1) is 16.5. The molecule has 1 aromatic rings. The van der Waals surface area contributed by atoms with E-state index in [4.69, 9.17) is 9.26 Å². The van der Waals surface area contributed by atoms with Crippen LogP contribution in [0, 0.1) is 6.92 Å². The van der Waals surface area contributed by atoms with Gasteiger partial charge in [0.25, 0.3) is 5.91 Å². The molecule has 2 aliphatic rings. The Hall–Kier alpha value is -1.40. The molecule has 1 N–H and O–H groups in total. The lowest BCUT2D eigenvalue weighted by atomic mass is 9.87. The summed E-state index contributed by atoms with van der Waals surface area (Å²) in [5.74, 6) is 0.621. The number of aromatic nitrogens is 1. The van der Waals surface area contributed by atoms with Crippen LogP contribution in [0.3, 0.4) is 0 Å². The highest BCUT2D eigenvalue weighted by atomic mass is 16.5. The smallest absolute Gasteiger partial charge is 0.276 e. The van der Waals surface area contributed by atoms with Crippen LogP contribution in [0.1, 0.15) is 56.3 Å². The minimum atomic E-state index is -0.0700. The number of piperidine rings is 1. The van der Waals surface area contributed by atoms with Crippen LogP contribution in [0.2, 0.25) is 0 Å². The summed E-state index contributed by atoms with van der Waals surface area (Å²) in [7, 11) is 0. The maximum absolute atomic E-state index is 12.4. The van der Waals surface area contributed by atoms with Crippen molar-refractivity contribution in [2.45, 2.75) is 64.1 Å². The number of carbonyl (C=O) groups is 1. The zero-order valence-electron chi connectivity index (χ0n) is 14.5. The van der Waals surface area contributed by atoms with Crippen molar-refractivity contribution in [3.8, 4) is 0 Å². The van der Waals surface area contributed by atoms with Gasteiger partial charge in [-0.2, -0.15) is 0 Å². The fourth-order valence-electron chi connectivity index (χ4n) is 3.64. The summed E-state index contributed by atoms with van der Waals surface area (Å²) in [6, 6.07) is 2.10. The maximum atomic E-state index is 12.4. The molecule has 2 saturated heterocycles. The van der Waals surface area contributed by atoms with Crippen molar-refractivity contribution in [2.24, 2.45) is 0 Å². The number of nitrogens with zero attached hydrogens (tertiary/aromatic N) is 2. The Balaban J connectivity index is 1.55. The van der Waals surface area contributed by atoms with Crippen LogP contribution < -0.4 is 5.32 Å². The summed E-state index contributed by atoms with van der Waals surface area (Å²) in [6.45, 7) is 10.5. The highest BCUT2D eigenvalue weighted by Gasteiger charge is 2.44. The third-order valence-corrected chi connectivity index (χ3v) is 4.66. The number of aryl methyl sites for hydroxylation is 1. The Morgan fingerprint density at radius 1 is 1.39 bits per heavy atom. The summed E-state index contributed by atoms with van der Waals surface area (Å²) >= 11 is 0. The van der Waals surface area contributed by atoms with Gasteiger partial charge in [0.05, 0.1) is 12.2 Å². The van der Waals surface area contributed by atoms with E-state index in [1.807, 2.05) is 4.90 Å². The van der Waals surface area contributed by atoms with E-state index < -0.39 is 0 Å². The predicted molar refractivity (Wildman–Crippen MR) is 86.4 cm³/mol. The Kier molecular flexibility index (Phi) is 4.23. The molecule has 3 heterocycles. The van der Waals surface area contributed by atoms with Crippen molar-refractivity contribution in [1.82, 2.24) is 15.4 Å². The standard InChI is InChI=1S/C17H27N3O3/c1-12-9-14(19-23-12)15(21)20-7-5-17(6-8-20)10-13(11-22-17)18-16(2,3)4/h9,13,18H,5-8,10-11H2,1-4H3. The first-order valence-corrected chi connectivity index (χ1v) is 8.41. The van der Waals surface area contributed by atoms with Gasteiger partial charge >= 0.3 is 0 Å². The number of likely N-dealkylation sites (tertiary alicyclic amines) is 1.